The number of sulfonamides is 1. The molecule has 8 nitrogen and oxygen atoms in total. The number of pyridine rings is 1. The standard InChI is InChI=1S/C27H30FN3O5S2/c1-16(30-37(34)27(2,3)4)21-12-25(32)31(5)14-24(21)22-11-19-15-38(35,36)29-13-18(19)10-23(22)26(33)17-6-8-20(28)9-7-17/h6-12,14,16,29-30H,13,15H2,1-5H3/t16?,37-/m0/s1. The van der Waals surface area contributed by atoms with Crippen LogP contribution < -0.4 is 15.0 Å². The van der Waals surface area contributed by atoms with E-state index in [1.54, 1.807) is 32.3 Å². The van der Waals surface area contributed by atoms with Gasteiger partial charge in [0, 0.05) is 53.9 Å². The Morgan fingerprint density at radius 1 is 1.13 bits per heavy atom. The van der Waals surface area contributed by atoms with Crippen molar-refractivity contribution in [2.45, 2.75) is 50.8 Å². The number of carbonyl (C=O) groups excluding carboxylic acids is 1. The van der Waals surface area contributed by atoms with Crippen LogP contribution in [-0.4, -0.2) is 28.1 Å². The molecule has 0 fully saturated rings. The van der Waals surface area contributed by atoms with Crippen LogP contribution in [-0.2, 0) is 40.7 Å². The number of benzene rings is 2. The minimum atomic E-state index is -3.54. The summed E-state index contributed by atoms with van der Waals surface area (Å²) in [6, 6.07) is 9.38. The van der Waals surface area contributed by atoms with Crippen molar-refractivity contribution in [1.82, 2.24) is 14.0 Å². The lowest BCUT2D eigenvalue weighted by atomic mass is 9.87. The minimum Gasteiger partial charge on any atom is -0.598 e. The van der Waals surface area contributed by atoms with E-state index in [4.69, 9.17) is 0 Å². The molecule has 38 heavy (non-hydrogen) atoms. The molecule has 1 aliphatic rings. The molecule has 1 aliphatic heterocycles. The van der Waals surface area contributed by atoms with E-state index in [2.05, 4.69) is 9.44 Å². The number of nitrogens with zero attached hydrogens (tertiary/aromatic N) is 1. The van der Waals surface area contributed by atoms with Gasteiger partial charge in [-0.15, -0.1) is 4.72 Å². The molecule has 2 atom stereocenters. The van der Waals surface area contributed by atoms with Gasteiger partial charge in [0.05, 0.1) is 11.8 Å². The molecule has 2 aromatic carbocycles. The second-order valence-corrected chi connectivity index (χ2v) is 14.2. The first-order chi connectivity index (χ1) is 17.7. The molecule has 202 valence electrons. The topological polar surface area (TPSA) is 120 Å². The molecule has 0 saturated carbocycles. The van der Waals surface area contributed by atoms with Crippen molar-refractivity contribution in [3.05, 3.63) is 92.6 Å². The van der Waals surface area contributed by atoms with Gasteiger partial charge in [-0.1, -0.05) is 0 Å². The Kier molecular flexibility index (Phi) is 7.70. The highest BCUT2D eigenvalue weighted by Crippen LogP contribution is 2.35. The maximum absolute atomic E-state index is 13.7. The predicted octanol–water partition coefficient (Wildman–Crippen LogP) is 3.47. The number of fused-ring (bicyclic) bond motifs is 1. The number of carbonyl (C=O) groups is 1. The molecule has 1 aromatic heterocycles. The molecule has 0 radical (unpaired) electrons. The van der Waals surface area contributed by atoms with Crippen LogP contribution in [0.15, 0.2) is 53.5 Å². The molecule has 0 amide bonds. The molecular weight excluding hydrogens is 529 g/mol. The molecule has 11 heteroatoms. The monoisotopic (exact) mass is 559 g/mol. The molecule has 2 heterocycles. The van der Waals surface area contributed by atoms with Gasteiger partial charge < -0.3 is 9.12 Å². The molecule has 1 unspecified atom stereocenters. The Morgan fingerprint density at radius 3 is 2.42 bits per heavy atom. The fraction of sp³-hybridized carbons (Fsp3) is 0.333. The quantitative estimate of drug-likeness (QED) is 0.353. The van der Waals surface area contributed by atoms with Crippen molar-refractivity contribution in [1.29, 1.82) is 0 Å². The number of halogens is 1. The summed E-state index contributed by atoms with van der Waals surface area (Å²) in [4.78, 5) is 26.4. The van der Waals surface area contributed by atoms with Crippen molar-refractivity contribution in [3.8, 4) is 11.1 Å². The fourth-order valence-corrected chi connectivity index (χ4v) is 6.18. The average molecular weight is 560 g/mol. The summed E-state index contributed by atoms with van der Waals surface area (Å²) in [6.07, 6.45) is 1.59. The van der Waals surface area contributed by atoms with Gasteiger partial charge in [0.1, 0.15) is 10.6 Å². The van der Waals surface area contributed by atoms with Crippen LogP contribution >= 0.6 is 0 Å². The molecular formula is C27H30FN3O5S2. The first kappa shape index (κ1) is 28.2. The zero-order valence-electron chi connectivity index (χ0n) is 21.8. The Bertz CT molecular complexity index is 1560. The summed E-state index contributed by atoms with van der Waals surface area (Å²) >= 11 is -1.45. The van der Waals surface area contributed by atoms with E-state index < -0.39 is 38.0 Å². The zero-order valence-corrected chi connectivity index (χ0v) is 23.4. The minimum absolute atomic E-state index is 0.0320. The highest BCUT2D eigenvalue weighted by Gasteiger charge is 2.31. The number of aryl methyl sites for hydroxylation is 1. The SMILES string of the molecule is CC(N[S@@+]([O-])C(C)(C)C)c1cc(=O)n(C)cc1-c1cc2c(cc1C(=O)c1ccc(F)cc1)CNS(=O)(=O)C2. The lowest BCUT2D eigenvalue weighted by Gasteiger charge is -2.28. The van der Waals surface area contributed by atoms with Gasteiger partial charge in [0.15, 0.2) is 5.78 Å². The second kappa shape index (κ2) is 10.4. The van der Waals surface area contributed by atoms with Crippen molar-refractivity contribution in [2.75, 3.05) is 0 Å². The van der Waals surface area contributed by atoms with Gasteiger partial charge in [0.25, 0.3) is 5.56 Å². The van der Waals surface area contributed by atoms with Crippen LogP contribution in [0, 0.1) is 5.82 Å². The van der Waals surface area contributed by atoms with Crippen molar-refractivity contribution < 1.29 is 22.2 Å². The van der Waals surface area contributed by atoms with Crippen molar-refractivity contribution >= 4 is 27.2 Å². The van der Waals surface area contributed by atoms with Crippen LogP contribution in [0.5, 0.6) is 0 Å². The molecule has 0 bridgehead atoms. The number of nitrogens with one attached hydrogen (secondary N) is 2. The van der Waals surface area contributed by atoms with Gasteiger partial charge in [-0.2, -0.15) is 0 Å². The third kappa shape index (κ3) is 5.92. The first-order valence-electron chi connectivity index (χ1n) is 12.0. The fourth-order valence-electron chi connectivity index (χ4n) is 4.23. The van der Waals surface area contributed by atoms with E-state index in [1.165, 1.54) is 34.9 Å². The lowest BCUT2D eigenvalue weighted by molar-refractivity contribution is 0.103. The van der Waals surface area contributed by atoms with E-state index in [-0.39, 0.29) is 34.8 Å². The molecule has 3 aromatic rings. The number of hydrogen-bond acceptors (Lipinski definition) is 6. The lowest BCUT2D eigenvalue weighted by Crippen LogP contribution is -2.41. The van der Waals surface area contributed by atoms with Crippen molar-refractivity contribution in [2.24, 2.45) is 7.05 Å². The molecule has 2 N–H and O–H groups in total. The highest BCUT2D eigenvalue weighted by atomic mass is 32.2. The smallest absolute Gasteiger partial charge is 0.250 e. The van der Waals surface area contributed by atoms with Crippen molar-refractivity contribution in [3.63, 3.8) is 0 Å². The van der Waals surface area contributed by atoms with Gasteiger partial charge in [-0.25, -0.2) is 17.5 Å². The van der Waals surface area contributed by atoms with E-state index in [9.17, 15) is 27.0 Å². The second-order valence-electron chi connectivity index (χ2n) is 10.4. The average Bonchev–Trinajstić information content (AvgIpc) is 2.83. The predicted molar refractivity (Wildman–Crippen MR) is 146 cm³/mol. The summed E-state index contributed by atoms with van der Waals surface area (Å²) < 4.78 is 57.4. The highest BCUT2D eigenvalue weighted by molar-refractivity contribution is 7.90. The van der Waals surface area contributed by atoms with Gasteiger partial charge >= 0.3 is 0 Å². The van der Waals surface area contributed by atoms with Crippen LogP contribution in [0.1, 0.15) is 66.3 Å². The maximum atomic E-state index is 13.7. The van der Waals surface area contributed by atoms with E-state index >= 15 is 0 Å². The molecule has 0 saturated heterocycles. The number of rotatable bonds is 6. The Hall–Kier alpha value is -2.83. The normalized spacial score (nSPS) is 16.5. The Labute approximate surface area is 224 Å². The summed E-state index contributed by atoms with van der Waals surface area (Å²) in [5, 5.41) is 0. The molecule has 0 aliphatic carbocycles. The first-order valence-corrected chi connectivity index (χ1v) is 14.8. The number of ketones is 1. The van der Waals surface area contributed by atoms with E-state index in [1.807, 2.05) is 20.8 Å². The van der Waals surface area contributed by atoms with Gasteiger partial charge in [0.2, 0.25) is 10.0 Å². The van der Waals surface area contributed by atoms with Crippen LogP contribution in [0.2, 0.25) is 0 Å². The largest absolute Gasteiger partial charge is 0.598 e. The Balaban J connectivity index is 1.95. The van der Waals surface area contributed by atoms with Crippen LogP contribution in [0.25, 0.3) is 11.1 Å². The van der Waals surface area contributed by atoms with Crippen LogP contribution in [0.4, 0.5) is 4.39 Å². The van der Waals surface area contributed by atoms with Gasteiger partial charge in [-0.05, 0) is 86.3 Å². The Morgan fingerprint density at radius 2 is 1.79 bits per heavy atom. The third-order valence-electron chi connectivity index (χ3n) is 6.38. The number of hydrogen-bond donors (Lipinski definition) is 2. The summed E-state index contributed by atoms with van der Waals surface area (Å²) in [7, 11) is -1.96. The van der Waals surface area contributed by atoms with E-state index in [0.717, 1.165) is 0 Å². The summed E-state index contributed by atoms with van der Waals surface area (Å²) in [5.41, 5.74) is 2.88. The third-order valence-corrected chi connectivity index (χ3v) is 9.33. The van der Waals surface area contributed by atoms with Gasteiger partial charge in [-0.3, -0.25) is 9.59 Å². The number of aromatic nitrogens is 1. The summed E-state index contributed by atoms with van der Waals surface area (Å²) in [6.45, 7) is 7.28. The zero-order chi connectivity index (χ0) is 28.0. The van der Waals surface area contributed by atoms with Crippen LogP contribution in [0.3, 0.4) is 0 Å². The molecule has 0 spiro atoms. The van der Waals surface area contributed by atoms with E-state index in [0.29, 0.717) is 27.8 Å². The summed E-state index contributed by atoms with van der Waals surface area (Å²) in [5.74, 6) is -1.12. The maximum Gasteiger partial charge on any atom is 0.250 e. The molecule has 4 rings (SSSR count).